The van der Waals surface area contributed by atoms with Gasteiger partial charge in [-0.1, -0.05) is 6.92 Å². The number of piperazine rings is 1. The number of nitrogens with zero attached hydrogens (tertiary/aromatic N) is 2. The smallest absolute Gasteiger partial charge is 0.0244 e. The maximum Gasteiger partial charge on any atom is 0.0244 e. The predicted octanol–water partition coefficient (Wildman–Crippen LogP) is 1.56. The van der Waals surface area contributed by atoms with Gasteiger partial charge in [0, 0.05) is 30.7 Å². The van der Waals surface area contributed by atoms with Crippen LogP contribution in [0.1, 0.15) is 34.1 Å². The molecule has 0 saturated carbocycles. The van der Waals surface area contributed by atoms with Crippen molar-refractivity contribution in [2.24, 2.45) is 0 Å². The SMILES string of the molecule is CCN1C[C@H]2C[C@@H]1CN2C(C)(C)C. The Kier molecular flexibility index (Phi) is 2.16. The van der Waals surface area contributed by atoms with Crippen molar-refractivity contribution in [3.05, 3.63) is 0 Å². The quantitative estimate of drug-likeness (QED) is 0.607. The van der Waals surface area contributed by atoms with Gasteiger partial charge < -0.3 is 0 Å². The number of fused-ring (bicyclic) bond motifs is 2. The van der Waals surface area contributed by atoms with E-state index in [2.05, 4.69) is 37.5 Å². The van der Waals surface area contributed by atoms with Crippen molar-refractivity contribution in [2.45, 2.75) is 51.7 Å². The van der Waals surface area contributed by atoms with E-state index in [1.807, 2.05) is 0 Å². The molecule has 2 aliphatic heterocycles. The Bertz CT molecular complexity index is 195. The number of hydrogen-bond donors (Lipinski definition) is 0. The van der Waals surface area contributed by atoms with Gasteiger partial charge in [0.15, 0.2) is 0 Å². The molecule has 2 nitrogen and oxygen atoms in total. The molecule has 0 aromatic carbocycles. The molecule has 2 fully saturated rings. The van der Waals surface area contributed by atoms with Gasteiger partial charge in [0.05, 0.1) is 0 Å². The first-order chi connectivity index (χ1) is 6.02. The van der Waals surface area contributed by atoms with Crippen LogP contribution in [-0.4, -0.2) is 47.1 Å². The average molecular weight is 182 g/mol. The average Bonchev–Trinajstić information content (AvgIpc) is 2.59. The van der Waals surface area contributed by atoms with Crippen molar-refractivity contribution in [3.8, 4) is 0 Å². The van der Waals surface area contributed by atoms with Crippen molar-refractivity contribution >= 4 is 0 Å². The summed E-state index contributed by atoms with van der Waals surface area (Å²) < 4.78 is 0. The van der Waals surface area contributed by atoms with E-state index in [1.54, 1.807) is 0 Å². The lowest BCUT2D eigenvalue weighted by Gasteiger charge is -2.41. The second-order valence-electron chi connectivity index (χ2n) is 5.45. The zero-order chi connectivity index (χ0) is 9.64. The second kappa shape index (κ2) is 2.96. The minimum atomic E-state index is 0.374. The Morgan fingerprint density at radius 3 is 2.23 bits per heavy atom. The Hall–Kier alpha value is -0.0800. The van der Waals surface area contributed by atoms with Crippen molar-refractivity contribution < 1.29 is 0 Å². The van der Waals surface area contributed by atoms with Crippen LogP contribution in [0.25, 0.3) is 0 Å². The summed E-state index contributed by atoms with van der Waals surface area (Å²) in [5, 5.41) is 0. The first-order valence-electron chi connectivity index (χ1n) is 5.53. The second-order valence-corrected chi connectivity index (χ2v) is 5.45. The van der Waals surface area contributed by atoms with E-state index >= 15 is 0 Å². The van der Waals surface area contributed by atoms with Crippen LogP contribution in [0.15, 0.2) is 0 Å². The fraction of sp³-hybridized carbons (Fsp3) is 1.00. The third-order valence-corrected chi connectivity index (χ3v) is 3.62. The van der Waals surface area contributed by atoms with E-state index in [0.717, 1.165) is 12.1 Å². The topological polar surface area (TPSA) is 6.48 Å². The summed E-state index contributed by atoms with van der Waals surface area (Å²) in [5.41, 5.74) is 0.374. The van der Waals surface area contributed by atoms with Gasteiger partial charge in [0.1, 0.15) is 0 Å². The van der Waals surface area contributed by atoms with Crippen LogP contribution in [0, 0.1) is 0 Å². The minimum Gasteiger partial charge on any atom is -0.298 e. The molecule has 2 aliphatic rings. The molecule has 2 bridgehead atoms. The largest absolute Gasteiger partial charge is 0.298 e. The molecular weight excluding hydrogens is 160 g/mol. The highest BCUT2D eigenvalue weighted by molar-refractivity contribution is 5.02. The Morgan fingerprint density at radius 1 is 1.15 bits per heavy atom. The highest BCUT2D eigenvalue weighted by atomic mass is 15.4. The lowest BCUT2D eigenvalue weighted by atomic mass is 10.0. The zero-order valence-corrected chi connectivity index (χ0v) is 9.38. The zero-order valence-electron chi connectivity index (χ0n) is 9.38. The van der Waals surface area contributed by atoms with Gasteiger partial charge in [-0.3, -0.25) is 9.80 Å². The van der Waals surface area contributed by atoms with Gasteiger partial charge in [-0.15, -0.1) is 0 Å². The molecule has 2 heterocycles. The molecule has 0 amide bonds. The van der Waals surface area contributed by atoms with Crippen LogP contribution >= 0.6 is 0 Å². The van der Waals surface area contributed by atoms with Crippen molar-refractivity contribution in [3.63, 3.8) is 0 Å². The monoisotopic (exact) mass is 182 g/mol. The number of rotatable bonds is 1. The van der Waals surface area contributed by atoms with Crippen molar-refractivity contribution in [1.29, 1.82) is 0 Å². The summed E-state index contributed by atoms with van der Waals surface area (Å²) in [6.45, 7) is 13.1. The van der Waals surface area contributed by atoms with Crippen LogP contribution in [0.4, 0.5) is 0 Å². The normalized spacial score (nSPS) is 36.0. The van der Waals surface area contributed by atoms with Crippen molar-refractivity contribution in [2.75, 3.05) is 19.6 Å². The highest BCUT2D eigenvalue weighted by Gasteiger charge is 2.45. The lowest BCUT2D eigenvalue weighted by Crippen LogP contribution is -2.53. The molecule has 0 aromatic heterocycles. The molecule has 0 spiro atoms. The molecule has 0 aliphatic carbocycles. The number of hydrogen-bond acceptors (Lipinski definition) is 2. The molecule has 0 radical (unpaired) electrons. The first kappa shape index (κ1) is 9.47. The molecule has 76 valence electrons. The molecule has 0 N–H and O–H groups in total. The van der Waals surface area contributed by atoms with Crippen LogP contribution in [0.3, 0.4) is 0 Å². The summed E-state index contributed by atoms with van der Waals surface area (Å²) in [7, 11) is 0. The van der Waals surface area contributed by atoms with E-state index in [-0.39, 0.29) is 0 Å². The van der Waals surface area contributed by atoms with Gasteiger partial charge in [0.2, 0.25) is 0 Å². The van der Waals surface area contributed by atoms with Gasteiger partial charge in [-0.2, -0.15) is 0 Å². The molecule has 2 saturated heterocycles. The van der Waals surface area contributed by atoms with E-state index in [4.69, 9.17) is 0 Å². The van der Waals surface area contributed by atoms with Gasteiger partial charge in [0.25, 0.3) is 0 Å². The molecule has 0 unspecified atom stereocenters. The molecule has 2 heteroatoms. The summed E-state index contributed by atoms with van der Waals surface area (Å²) >= 11 is 0. The molecular formula is C11H22N2. The summed E-state index contributed by atoms with van der Waals surface area (Å²) in [6, 6.07) is 1.69. The fourth-order valence-electron chi connectivity index (χ4n) is 2.96. The summed E-state index contributed by atoms with van der Waals surface area (Å²) in [6.07, 6.45) is 1.41. The van der Waals surface area contributed by atoms with Crippen LogP contribution in [0.5, 0.6) is 0 Å². The Morgan fingerprint density at radius 2 is 1.85 bits per heavy atom. The molecule has 2 rings (SSSR count). The van der Waals surface area contributed by atoms with Crippen molar-refractivity contribution in [1.82, 2.24) is 9.80 Å². The third-order valence-electron chi connectivity index (χ3n) is 3.62. The van der Waals surface area contributed by atoms with E-state index in [1.165, 1.54) is 26.1 Å². The molecule has 0 aromatic rings. The highest BCUT2D eigenvalue weighted by Crippen LogP contribution is 2.34. The van der Waals surface area contributed by atoms with E-state index < -0.39 is 0 Å². The Labute approximate surface area is 81.9 Å². The standard InChI is InChI=1S/C11H22N2/c1-5-12-7-10-6-9(12)8-13(10)11(2,3)4/h9-10H,5-8H2,1-4H3/t9-,10-/m1/s1. The Balaban J connectivity index is 2.03. The number of likely N-dealkylation sites (tertiary alicyclic amines) is 2. The van der Waals surface area contributed by atoms with Gasteiger partial charge >= 0.3 is 0 Å². The third kappa shape index (κ3) is 1.50. The fourth-order valence-corrected chi connectivity index (χ4v) is 2.96. The maximum atomic E-state index is 2.68. The maximum absolute atomic E-state index is 2.68. The van der Waals surface area contributed by atoms with Gasteiger partial charge in [-0.05, 0) is 33.7 Å². The summed E-state index contributed by atoms with van der Waals surface area (Å²) in [5.74, 6) is 0. The predicted molar refractivity (Wildman–Crippen MR) is 55.9 cm³/mol. The van der Waals surface area contributed by atoms with E-state index in [9.17, 15) is 0 Å². The van der Waals surface area contributed by atoms with Crippen LogP contribution in [-0.2, 0) is 0 Å². The van der Waals surface area contributed by atoms with E-state index in [0.29, 0.717) is 5.54 Å². The van der Waals surface area contributed by atoms with Crippen LogP contribution in [0.2, 0.25) is 0 Å². The number of likely N-dealkylation sites (N-methyl/N-ethyl adjacent to an activating group) is 1. The van der Waals surface area contributed by atoms with Crippen LogP contribution < -0.4 is 0 Å². The minimum absolute atomic E-state index is 0.374. The molecule has 13 heavy (non-hydrogen) atoms. The van der Waals surface area contributed by atoms with Gasteiger partial charge in [-0.25, -0.2) is 0 Å². The summed E-state index contributed by atoms with van der Waals surface area (Å²) in [4.78, 5) is 5.32. The lowest BCUT2D eigenvalue weighted by molar-refractivity contribution is 0.0597. The first-order valence-corrected chi connectivity index (χ1v) is 5.53. The molecule has 2 atom stereocenters.